The molecular formula is C14H21N3O4. The van der Waals surface area contributed by atoms with Crippen molar-refractivity contribution in [3.05, 3.63) is 11.4 Å². The van der Waals surface area contributed by atoms with E-state index in [1.165, 1.54) is 0 Å². The molecule has 0 saturated carbocycles. The van der Waals surface area contributed by atoms with Crippen LogP contribution in [0, 0.1) is 12.8 Å². The van der Waals surface area contributed by atoms with Gasteiger partial charge in [-0.15, -0.1) is 0 Å². The van der Waals surface area contributed by atoms with Gasteiger partial charge in [0, 0.05) is 31.8 Å². The molecule has 1 aliphatic heterocycles. The molecule has 1 aliphatic rings. The number of Topliss-reactive ketones (excluding diaryl/α,β-unsaturated/α-hetero) is 1. The van der Waals surface area contributed by atoms with Crippen molar-refractivity contribution in [3.63, 3.8) is 0 Å². The minimum atomic E-state index is -0.541. The van der Waals surface area contributed by atoms with E-state index in [-0.39, 0.29) is 17.8 Å². The standard InChI is InChI=1S/C14H21N3O4/c1-9-11(16-21-15-9)7-10-8-17(6-5-12(10)18)13(19)20-14(2,3)4/h10H,5-8H2,1-4H3. The highest BCUT2D eigenvalue weighted by Gasteiger charge is 2.33. The number of aromatic nitrogens is 2. The van der Waals surface area contributed by atoms with Crippen molar-refractivity contribution in [2.75, 3.05) is 13.1 Å². The molecule has 116 valence electrons. The lowest BCUT2D eigenvalue weighted by atomic mass is 9.92. The van der Waals surface area contributed by atoms with Crippen molar-refractivity contribution in [1.29, 1.82) is 0 Å². The van der Waals surface area contributed by atoms with Crippen molar-refractivity contribution in [2.24, 2.45) is 5.92 Å². The molecular weight excluding hydrogens is 274 g/mol. The summed E-state index contributed by atoms with van der Waals surface area (Å²) in [5, 5.41) is 7.51. The zero-order chi connectivity index (χ0) is 15.6. The normalized spacial score (nSPS) is 19.7. The molecule has 0 aliphatic carbocycles. The Kier molecular flexibility index (Phi) is 4.29. The first-order valence-corrected chi connectivity index (χ1v) is 7.05. The fourth-order valence-electron chi connectivity index (χ4n) is 2.25. The van der Waals surface area contributed by atoms with Gasteiger partial charge in [-0.2, -0.15) is 0 Å². The molecule has 2 heterocycles. The Morgan fingerprint density at radius 3 is 2.71 bits per heavy atom. The fraction of sp³-hybridized carbons (Fsp3) is 0.714. The number of carbonyl (C=O) groups excluding carboxylic acids is 2. The van der Waals surface area contributed by atoms with E-state index in [0.717, 1.165) is 0 Å². The van der Waals surface area contributed by atoms with Crippen LogP contribution in [0.2, 0.25) is 0 Å². The monoisotopic (exact) mass is 295 g/mol. The number of nitrogens with zero attached hydrogens (tertiary/aromatic N) is 3. The predicted molar refractivity (Wildman–Crippen MR) is 73.7 cm³/mol. The summed E-state index contributed by atoms with van der Waals surface area (Å²) < 4.78 is 9.99. The summed E-state index contributed by atoms with van der Waals surface area (Å²) in [6.07, 6.45) is 0.400. The van der Waals surface area contributed by atoms with Crippen LogP contribution in [0.15, 0.2) is 4.63 Å². The first-order valence-electron chi connectivity index (χ1n) is 7.05. The second-order valence-electron chi connectivity index (χ2n) is 6.34. The SMILES string of the molecule is Cc1nonc1CC1CN(C(=O)OC(C)(C)C)CCC1=O. The summed E-state index contributed by atoms with van der Waals surface area (Å²) in [4.78, 5) is 25.7. The van der Waals surface area contributed by atoms with Crippen LogP contribution in [-0.2, 0) is 16.0 Å². The Bertz CT molecular complexity index is 533. The molecule has 1 unspecified atom stereocenters. The maximum atomic E-state index is 12.1. The molecule has 0 radical (unpaired) electrons. The minimum absolute atomic E-state index is 0.136. The van der Waals surface area contributed by atoms with Gasteiger partial charge in [0.25, 0.3) is 0 Å². The Morgan fingerprint density at radius 1 is 1.43 bits per heavy atom. The van der Waals surface area contributed by atoms with Gasteiger partial charge in [0.2, 0.25) is 0 Å². The number of hydrogen-bond acceptors (Lipinski definition) is 6. The van der Waals surface area contributed by atoms with E-state index in [2.05, 4.69) is 14.9 Å². The molecule has 0 bridgehead atoms. The molecule has 7 heteroatoms. The third-order valence-electron chi connectivity index (χ3n) is 3.36. The van der Waals surface area contributed by atoms with Gasteiger partial charge in [0.1, 0.15) is 22.8 Å². The lowest BCUT2D eigenvalue weighted by Crippen LogP contribution is -2.46. The first kappa shape index (κ1) is 15.5. The Balaban J connectivity index is 2.01. The Hall–Kier alpha value is -1.92. The molecule has 1 fully saturated rings. The maximum Gasteiger partial charge on any atom is 0.410 e. The molecule has 0 aromatic carbocycles. The quantitative estimate of drug-likeness (QED) is 0.826. The number of ether oxygens (including phenoxy) is 1. The van der Waals surface area contributed by atoms with Gasteiger partial charge in [0.05, 0.1) is 0 Å². The topological polar surface area (TPSA) is 85.5 Å². The Morgan fingerprint density at radius 2 is 2.14 bits per heavy atom. The molecule has 1 saturated heterocycles. The number of aryl methyl sites for hydroxylation is 1. The zero-order valence-electron chi connectivity index (χ0n) is 12.9. The van der Waals surface area contributed by atoms with E-state index in [4.69, 9.17) is 4.74 Å². The highest BCUT2D eigenvalue weighted by atomic mass is 16.6. The van der Waals surface area contributed by atoms with Crippen LogP contribution in [-0.4, -0.2) is 45.8 Å². The molecule has 7 nitrogen and oxygen atoms in total. The lowest BCUT2D eigenvalue weighted by Gasteiger charge is -2.33. The highest BCUT2D eigenvalue weighted by molar-refractivity contribution is 5.84. The van der Waals surface area contributed by atoms with Gasteiger partial charge in [-0.3, -0.25) is 4.79 Å². The van der Waals surface area contributed by atoms with Gasteiger partial charge < -0.3 is 9.64 Å². The molecule has 1 aromatic rings. The van der Waals surface area contributed by atoms with Gasteiger partial charge in [0.15, 0.2) is 0 Å². The van der Waals surface area contributed by atoms with Gasteiger partial charge in [-0.25, -0.2) is 9.42 Å². The molecule has 2 rings (SSSR count). The number of piperidine rings is 1. The third kappa shape index (κ3) is 4.03. The van der Waals surface area contributed by atoms with Crippen LogP contribution in [0.1, 0.15) is 38.6 Å². The summed E-state index contributed by atoms with van der Waals surface area (Å²) in [5.41, 5.74) is 0.803. The van der Waals surface area contributed by atoms with Gasteiger partial charge in [-0.05, 0) is 27.7 Å². The average Bonchev–Trinajstić information content (AvgIpc) is 2.75. The van der Waals surface area contributed by atoms with Crippen LogP contribution in [0.5, 0.6) is 0 Å². The first-order chi connectivity index (χ1) is 9.76. The summed E-state index contributed by atoms with van der Waals surface area (Å²) in [6.45, 7) is 8.00. The lowest BCUT2D eigenvalue weighted by molar-refractivity contribution is -0.125. The number of hydrogen-bond donors (Lipinski definition) is 0. The van der Waals surface area contributed by atoms with Crippen molar-refractivity contribution in [2.45, 2.75) is 46.1 Å². The summed E-state index contributed by atoms with van der Waals surface area (Å²) in [7, 11) is 0. The summed E-state index contributed by atoms with van der Waals surface area (Å²) >= 11 is 0. The van der Waals surface area contributed by atoms with Crippen molar-refractivity contribution in [3.8, 4) is 0 Å². The third-order valence-corrected chi connectivity index (χ3v) is 3.36. The second-order valence-corrected chi connectivity index (χ2v) is 6.34. The summed E-state index contributed by atoms with van der Waals surface area (Å²) in [5.74, 6) is -0.144. The number of carbonyl (C=O) groups is 2. The molecule has 1 atom stereocenters. The van der Waals surface area contributed by atoms with Crippen LogP contribution in [0.4, 0.5) is 4.79 Å². The summed E-state index contributed by atoms with van der Waals surface area (Å²) in [6, 6.07) is 0. The second kappa shape index (κ2) is 5.83. The van der Waals surface area contributed by atoms with Gasteiger partial charge >= 0.3 is 6.09 Å². The van der Waals surface area contributed by atoms with E-state index >= 15 is 0 Å². The fourth-order valence-corrected chi connectivity index (χ4v) is 2.25. The van der Waals surface area contributed by atoms with Crippen molar-refractivity contribution < 1.29 is 19.0 Å². The smallest absolute Gasteiger partial charge is 0.410 e. The van der Waals surface area contributed by atoms with E-state index in [1.54, 1.807) is 11.8 Å². The van der Waals surface area contributed by atoms with Crippen LogP contribution in [0.25, 0.3) is 0 Å². The predicted octanol–water partition coefficient (Wildman–Crippen LogP) is 1.75. The van der Waals surface area contributed by atoms with Crippen LogP contribution >= 0.6 is 0 Å². The van der Waals surface area contributed by atoms with E-state index in [0.29, 0.717) is 37.3 Å². The highest BCUT2D eigenvalue weighted by Crippen LogP contribution is 2.20. The van der Waals surface area contributed by atoms with E-state index in [1.807, 2.05) is 20.8 Å². The molecule has 0 N–H and O–H groups in total. The Labute approximate surface area is 123 Å². The van der Waals surface area contributed by atoms with Crippen LogP contribution in [0.3, 0.4) is 0 Å². The minimum Gasteiger partial charge on any atom is -0.444 e. The molecule has 0 spiro atoms. The number of rotatable bonds is 2. The number of ketones is 1. The average molecular weight is 295 g/mol. The molecule has 1 aromatic heterocycles. The van der Waals surface area contributed by atoms with Crippen molar-refractivity contribution >= 4 is 11.9 Å². The maximum absolute atomic E-state index is 12.1. The zero-order valence-corrected chi connectivity index (χ0v) is 12.9. The largest absolute Gasteiger partial charge is 0.444 e. The van der Waals surface area contributed by atoms with Gasteiger partial charge in [-0.1, -0.05) is 10.3 Å². The number of likely N-dealkylation sites (tertiary alicyclic amines) is 1. The molecule has 1 amide bonds. The van der Waals surface area contributed by atoms with E-state index < -0.39 is 5.60 Å². The van der Waals surface area contributed by atoms with E-state index in [9.17, 15) is 9.59 Å². The van der Waals surface area contributed by atoms with Crippen molar-refractivity contribution in [1.82, 2.24) is 15.2 Å². The molecule has 21 heavy (non-hydrogen) atoms. The van der Waals surface area contributed by atoms with Crippen LogP contribution < -0.4 is 0 Å². The number of amides is 1.